The second kappa shape index (κ2) is 9.84. The minimum atomic E-state index is -0.409. The van der Waals surface area contributed by atoms with Crippen LogP contribution in [0.5, 0.6) is 0 Å². The van der Waals surface area contributed by atoms with Crippen molar-refractivity contribution >= 4 is 45.2 Å². The highest BCUT2D eigenvalue weighted by atomic mass is 32.2. The normalized spacial score (nSPS) is 12.0. The van der Waals surface area contributed by atoms with Crippen molar-refractivity contribution in [2.24, 2.45) is 0 Å². The van der Waals surface area contributed by atoms with E-state index in [1.807, 2.05) is 30.3 Å². The fourth-order valence-electron chi connectivity index (χ4n) is 2.95. The Bertz CT molecular complexity index is 1010. The summed E-state index contributed by atoms with van der Waals surface area (Å²) in [5.74, 6) is 0.116. The molecule has 0 saturated heterocycles. The molecule has 2 heterocycles. The fraction of sp³-hybridized carbons (Fsp3) is 0.333. The SMILES string of the molecule is COC(=O)C[C@@H](NC(=O)CCSc1ncnc2sc(C)c(C)c12)c1ccccc1. The molecule has 0 unspecified atom stereocenters. The van der Waals surface area contributed by atoms with Gasteiger partial charge in [0.1, 0.15) is 16.2 Å². The second-order valence-corrected chi connectivity index (χ2v) is 8.84. The lowest BCUT2D eigenvalue weighted by Crippen LogP contribution is -2.30. The van der Waals surface area contributed by atoms with Crippen molar-refractivity contribution in [3.05, 3.63) is 52.7 Å². The number of nitrogens with zero attached hydrogens (tertiary/aromatic N) is 2. The standard InChI is InChI=1S/C21H23N3O3S2/c1-13-14(2)29-21-19(13)20(22-12-23-21)28-10-9-17(25)24-16(11-18(26)27-3)15-7-5-4-6-8-15/h4-8,12,16H,9-11H2,1-3H3,(H,24,25)/t16-/m1/s1. The number of amides is 1. The molecular weight excluding hydrogens is 406 g/mol. The van der Waals surface area contributed by atoms with Crippen LogP contribution < -0.4 is 5.32 Å². The van der Waals surface area contributed by atoms with E-state index in [1.165, 1.54) is 17.6 Å². The molecule has 1 N–H and O–H groups in total. The summed E-state index contributed by atoms with van der Waals surface area (Å²) in [7, 11) is 1.35. The Morgan fingerprint density at radius 2 is 1.97 bits per heavy atom. The van der Waals surface area contributed by atoms with Crippen LogP contribution in [-0.2, 0) is 14.3 Å². The molecule has 1 amide bonds. The van der Waals surface area contributed by atoms with E-state index in [2.05, 4.69) is 29.1 Å². The van der Waals surface area contributed by atoms with Gasteiger partial charge in [0.15, 0.2) is 0 Å². The predicted molar refractivity (Wildman–Crippen MR) is 116 cm³/mol. The van der Waals surface area contributed by atoms with Gasteiger partial charge in [0.05, 0.1) is 19.6 Å². The van der Waals surface area contributed by atoms with Crippen LogP contribution in [0.15, 0.2) is 41.7 Å². The molecule has 0 aliphatic rings. The zero-order chi connectivity index (χ0) is 20.8. The number of hydrogen-bond donors (Lipinski definition) is 1. The van der Waals surface area contributed by atoms with E-state index in [0.29, 0.717) is 12.2 Å². The Labute approximate surface area is 178 Å². The van der Waals surface area contributed by atoms with Crippen LogP contribution >= 0.6 is 23.1 Å². The van der Waals surface area contributed by atoms with Crippen LogP contribution in [0.4, 0.5) is 0 Å². The summed E-state index contributed by atoms with van der Waals surface area (Å²) in [6.07, 6.45) is 1.99. The number of hydrogen-bond acceptors (Lipinski definition) is 7. The van der Waals surface area contributed by atoms with Crippen LogP contribution in [0.2, 0.25) is 0 Å². The summed E-state index contributed by atoms with van der Waals surface area (Å²) in [5.41, 5.74) is 2.07. The first-order chi connectivity index (χ1) is 14.0. The van der Waals surface area contributed by atoms with Gasteiger partial charge in [-0.1, -0.05) is 30.3 Å². The maximum atomic E-state index is 12.5. The molecule has 0 aliphatic carbocycles. The van der Waals surface area contributed by atoms with Crippen molar-refractivity contribution in [2.45, 2.75) is 37.8 Å². The third kappa shape index (κ3) is 5.33. The van der Waals surface area contributed by atoms with Crippen LogP contribution in [0.1, 0.15) is 34.9 Å². The Kier molecular flexibility index (Phi) is 7.22. The Hall–Kier alpha value is -2.45. The Morgan fingerprint density at radius 1 is 1.21 bits per heavy atom. The van der Waals surface area contributed by atoms with Crippen molar-refractivity contribution < 1.29 is 14.3 Å². The van der Waals surface area contributed by atoms with E-state index in [4.69, 9.17) is 4.74 Å². The van der Waals surface area contributed by atoms with Crippen molar-refractivity contribution in [2.75, 3.05) is 12.9 Å². The third-order valence-electron chi connectivity index (χ3n) is 4.63. The number of fused-ring (bicyclic) bond motifs is 1. The van der Waals surface area contributed by atoms with E-state index in [0.717, 1.165) is 20.8 Å². The molecule has 0 spiro atoms. The molecule has 0 aliphatic heterocycles. The molecule has 3 rings (SSSR count). The van der Waals surface area contributed by atoms with Crippen molar-refractivity contribution in [3.63, 3.8) is 0 Å². The number of benzene rings is 1. The molecule has 0 bridgehead atoms. The Balaban J connectivity index is 1.62. The fourth-order valence-corrected chi connectivity index (χ4v) is 5.01. The van der Waals surface area contributed by atoms with Gasteiger partial charge in [-0.05, 0) is 25.0 Å². The van der Waals surface area contributed by atoms with Gasteiger partial charge < -0.3 is 10.1 Å². The molecule has 0 fully saturated rings. The van der Waals surface area contributed by atoms with Gasteiger partial charge in [-0.3, -0.25) is 9.59 Å². The van der Waals surface area contributed by atoms with Gasteiger partial charge in [0, 0.05) is 22.4 Å². The van der Waals surface area contributed by atoms with Crippen molar-refractivity contribution in [1.29, 1.82) is 0 Å². The minimum Gasteiger partial charge on any atom is -0.469 e. The zero-order valence-corrected chi connectivity index (χ0v) is 18.2. The first-order valence-electron chi connectivity index (χ1n) is 9.24. The summed E-state index contributed by atoms with van der Waals surface area (Å²) in [4.78, 5) is 35.2. The van der Waals surface area contributed by atoms with Gasteiger partial charge in [-0.15, -0.1) is 23.1 Å². The zero-order valence-electron chi connectivity index (χ0n) is 16.6. The number of thioether (sulfide) groups is 1. The quantitative estimate of drug-likeness (QED) is 0.328. The number of carbonyl (C=O) groups is 2. The van der Waals surface area contributed by atoms with Crippen LogP contribution in [0, 0.1) is 13.8 Å². The molecule has 0 radical (unpaired) electrons. The number of aryl methyl sites for hydroxylation is 2. The topological polar surface area (TPSA) is 81.2 Å². The summed E-state index contributed by atoms with van der Waals surface area (Å²) < 4.78 is 4.77. The molecular formula is C21H23N3O3S2. The third-order valence-corrected chi connectivity index (χ3v) is 6.74. The molecule has 29 heavy (non-hydrogen) atoms. The highest BCUT2D eigenvalue weighted by molar-refractivity contribution is 7.99. The monoisotopic (exact) mass is 429 g/mol. The van der Waals surface area contributed by atoms with E-state index in [-0.39, 0.29) is 18.3 Å². The maximum Gasteiger partial charge on any atom is 0.307 e. The second-order valence-electron chi connectivity index (χ2n) is 6.55. The van der Waals surface area contributed by atoms with Gasteiger partial charge in [0.25, 0.3) is 0 Å². The van der Waals surface area contributed by atoms with Crippen LogP contribution in [-0.4, -0.2) is 34.7 Å². The molecule has 6 nitrogen and oxygen atoms in total. The number of methoxy groups -OCH3 is 1. The summed E-state index contributed by atoms with van der Waals surface area (Å²) in [6, 6.07) is 9.03. The highest BCUT2D eigenvalue weighted by Gasteiger charge is 2.19. The molecule has 1 aromatic carbocycles. The first-order valence-corrected chi connectivity index (χ1v) is 11.0. The molecule has 8 heteroatoms. The Morgan fingerprint density at radius 3 is 2.69 bits per heavy atom. The lowest BCUT2D eigenvalue weighted by atomic mass is 10.0. The molecule has 152 valence electrons. The largest absolute Gasteiger partial charge is 0.469 e. The number of aromatic nitrogens is 2. The average molecular weight is 430 g/mol. The van der Waals surface area contributed by atoms with Gasteiger partial charge in [0.2, 0.25) is 5.91 Å². The summed E-state index contributed by atoms with van der Waals surface area (Å²) >= 11 is 3.21. The first kappa shape index (κ1) is 21.3. The molecule has 0 saturated carbocycles. The number of esters is 1. The number of thiophene rings is 1. The molecule has 3 aromatic rings. The number of carbonyl (C=O) groups excluding carboxylic acids is 2. The van der Waals surface area contributed by atoms with Crippen LogP contribution in [0.3, 0.4) is 0 Å². The molecule has 2 aromatic heterocycles. The smallest absolute Gasteiger partial charge is 0.307 e. The molecule has 1 atom stereocenters. The van der Waals surface area contributed by atoms with Crippen molar-refractivity contribution in [1.82, 2.24) is 15.3 Å². The lowest BCUT2D eigenvalue weighted by Gasteiger charge is -2.18. The minimum absolute atomic E-state index is 0.0965. The maximum absolute atomic E-state index is 12.5. The summed E-state index contributed by atoms with van der Waals surface area (Å²) in [5, 5.41) is 4.93. The van der Waals surface area contributed by atoms with E-state index in [9.17, 15) is 9.59 Å². The lowest BCUT2D eigenvalue weighted by molar-refractivity contribution is -0.141. The average Bonchev–Trinajstić information content (AvgIpc) is 3.02. The van der Waals surface area contributed by atoms with E-state index >= 15 is 0 Å². The van der Waals surface area contributed by atoms with E-state index in [1.54, 1.807) is 29.4 Å². The predicted octanol–water partition coefficient (Wildman–Crippen LogP) is 4.21. The number of rotatable bonds is 8. The van der Waals surface area contributed by atoms with E-state index < -0.39 is 6.04 Å². The highest BCUT2D eigenvalue weighted by Crippen LogP contribution is 2.34. The van der Waals surface area contributed by atoms with Crippen molar-refractivity contribution in [3.8, 4) is 0 Å². The summed E-state index contributed by atoms with van der Waals surface area (Å²) in [6.45, 7) is 4.15. The van der Waals surface area contributed by atoms with Crippen LogP contribution in [0.25, 0.3) is 10.2 Å². The van der Waals surface area contributed by atoms with Gasteiger partial charge >= 0.3 is 5.97 Å². The van der Waals surface area contributed by atoms with Gasteiger partial charge in [-0.2, -0.15) is 0 Å². The number of ether oxygens (including phenoxy) is 1. The van der Waals surface area contributed by atoms with Gasteiger partial charge in [-0.25, -0.2) is 9.97 Å². The number of nitrogens with one attached hydrogen (secondary N) is 1.